The van der Waals surface area contributed by atoms with E-state index in [2.05, 4.69) is 6.92 Å². The minimum Gasteiger partial charge on any atom is -0.372 e. The third kappa shape index (κ3) is 8.97. The minimum absolute atomic E-state index is 0.980. The summed E-state index contributed by atoms with van der Waals surface area (Å²) >= 11 is 0. The van der Waals surface area contributed by atoms with Crippen molar-refractivity contribution >= 4 is 0 Å². The van der Waals surface area contributed by atoms with Crippen molar-refractivity contribution in [2.75, 3.05) is 6.61 Å². The molecular weight excluding hydrogens is 220 g/mol. The van der Waals surface area contributed by atoms with E-state index in [-0.39, 0.29) is 0 Å². The van der Waals surface area contributed by atoms with Gasteiger partial charge in [0.15, 0.2) is 0 Å². The zero-order valence-electron chi connectivity index (χ0n) is 12.5. The van der Waals surface area contributed by atoms with Gasteiger partial charge in [0.2, 0.25) is 0 Å². The molecule has 18 heavy (non-hydrogen) atoms. The van der Waals surface area contributed by atoms with E-state index in [1.165, 1.54) is 96.0 Å². The Morgan fingerprint density at radius 2 is 1.17 bits per heavy atom. The Hall–Kier alpha value is -0.0400. The van der Waals surface area contributed by atoms with E-state index < -0.39 is 0 Å². The van der Waals surface area contributed by atoms with Crippen LogP contribution in [-0.2, 0) is 4.74 Å². The Kier molecular flexibility index (Phi) is 10.7. The molecule has 0 aromatic carbocycles. The van der Waals surface area contributed by atoms with Crippen LogP contribution in [0.3, 0.4) is 0 Å². The number of hydrogen-bond acceptors (Lipinski definition) is 1. The normalized spacial score (nSPS) is 15.8. The summed E-state index contributed by atoms with van der Waals surface area (Å²) in [4.78, 5) is 0. The first-order valence-electron chi connectivity index (χ1n) is 8.41. The molecule has 1 nitrogen and oxygen atoms in total. The van der Waals surface area contributed by atoms with Gasteiger partial charge in [-0.1, -0.05) is 84.0 Å². The van der Waals surface area contributed by atoms with Gasteiger partial charge < -0.3 is 4.74 Å². The lowest BCUT2D eigenvalue weighted by Gasteiger charge is -2.24. The second-order valence-electron chi connectivity index (χ2n) is 5.78. The fourth-order valence-corrected chi connectivity index (χ4v) is 2.61. The van der Waals surface area contributed by atoms with Crippen LogP contribution in [0.2, 0.25) is 0 Å². The van der Waals surface area contributed by atoms with Crippen LogP contribution >= 0.6 is 0 Å². The summed E-state index contributed by atoms with van der Waals surface area (Å²) < 4.78 is 5.35. The second-order valence-corrected chi connectivity index (χ2v) is 5.78. The molecule has 1 fully saturated rings. The van der Waals surface area contributed by atoms with Crippen LogP contribution < -0.4 is 0 Å². The molecule has 1 heterocycles. The van der Waals surface area contributed by atoms with E-state index in [9.17, 15) is 0 Å². The first-order chi connectivity index (χ1) is 8.93. The molecule has 1 saturated heterocycles. The van der Waals surface area contributed by atoms with Crippen LogP contribution in [0.25, 0.3) is 0 Å². The molecule has 1 aliphatic heterocycles. The van der Waals surface area contributed by atoms with Crippen molar-refractivity contribution in [3.05, 3.63) is 6.10 Å². The van der Waals surface area contributed by atoms with Gasteiger partial charge in [0, 0.05) is 6.42 Å². The zero-order chi connectivity index (χ0) is 12.9. The van der Waals surface area contributed by atoms with Crippen molar-refractivity contribution in [2.45, 2.75) is 96.8 Å². The molecule has 0 atom stereocenters. The van der Waals surface area contributed by atoms with Crippen molar-refractivity contribution in [1.82, 2.24) is 0 Å². The maximum Gasteiger partial charge on any atom is 0.0993 e. The maximum atomic E-state index is 5.35. The van der Waals surface area contributed by atoms with Crippen molar-refractivity contribution in [3.63, 3.8) is 0 Å². The van der Waals surface area contributed by atoms with Crippen LogP contribution in [0.1, 0.15) is 96.8 Å². The smallest absolute Gasteiger partial charge is 0.0993 e. The highest BCUT2D eigenvalue weighted by Crippen LogP contribution is 2.25. The number of ether oxygens (including phenoxy) is 1. The van der Waals surface area contributed by atoms with Crippen molar-refractivity contribution in [1.29, 1.82) is 0 Å². The quantitative estimate of drug-likeness (QED) is 0.364. The van der Waals surface area contributed by atoms with Crippen LogP contribution in [0, 0.1) is 6.10 Å². The third-order valence-corrected chi connectivity index (χ3v) is 4.00. The van der Waals surface area contributed by atoms with Gasteiger partial charge in [-0.2, -0.15) is 0 Å². The molecule has 0 aromatic heterocycles. The highest BCUT2D eigenvalue weighted by atomic mass is 16.5. The molecule has 0 saturated carbocycles. The summed E-state index contributed by atoms with van der Waals surface area (Å²) in [5.41, 5.74) is 0. The molecular formula is C17H33O. The molecule has 0 amide bonds. The van der Waals surface area contributed by atoms with Gasteiger partial charge in [0.1, 0.15) is 0 Å². The van der Waals surface area contributed by atoms with Gasteiger partial charge in [-0.15, -0.1) is 0 Å². The van der Waals surface area contributed by atoms with Gasteiger partial charge in [0.05, 0.1) is 12.7 Å². The van der Waals surface area contributed by atoms with E-state index >= 15 is 0 Å². The van der Waals surface area contributed by atoms with Gasteiger partial charge in [-0.3, -0.25) is 0 Å². The van der Waals surface area contributed by atoms with E-state index in [0.717, 1.165) is 6.61 Å². The van der Waals surface area contributed by atoms with Crippen LogP contribution in [0.5, 0.6) is 0 Å². The van der Waals surface area contributed by atoms with Crippen LogP contribution in [0.4, 0.5) is 0 Å². The average molecular weight is 253 g/mol. The summed E-state index contributed by atoms with van der Waals surface area (Å²) in [6.45, 7) is 3.27. The SMILES string of the molecule is CCCCCCCCCCCCCC[C]1CCO1. The van der Waals surface area contributed by atoms with E-state index in [0.29, 0.717) is 0 Å². The predicted octanol–water partition coefficient (Wildman–Crippen LogP) is 6.03. The first-order valence-corrected chi connectivity index (χ1v) is 8.41. The monoisotopic (exact) mass is 253 g/mol. The molecule has 1 rings (SSSR count). The standard InChI is InChI=1S/C17H33O/c1-2-3-4-5-6-7-8-9-10-11-12-13-14-17-15-16-18-17/h2-16H2,1H3. The molecule has 0 aromatic rings. The summed E-state index contributed by atoms with van der Waals surface area (Å²) in [5, 5.41) is 0. The molecule has 0 spiro atoms. The highest BCUT2D eigenvalue weighted by Gasteiger charge is 2.17. The molecule has 0 unspecified atom stereocenters. The van der Waals surface area contributed by atoms with Crippen LogP contribution in [0.15, 0.2) is 0 Å². The lowest BCUT2D eigenvalue weighted by Crippen LogP contribution is -2.17. The minimum atomic E-state index is 0.980. The Morgan fingerprint density at radius 3 is 1.56 bits per heavy atom. The predicted molar refractivity (Wildman–Crippen MR) is 79.5 cm³/mol. The summed E-state index contributed by atoms with van der Waals surface area (Å²) in [6.07, 6.45) is 21.1. The molecule has 0 bridgehead atoms. The van der Waals surface area contributed by atoms with Crippen molar-refractivity contribution in [3.8, 4) is 0 Å². The highest BCUT2D eigenvalue weighted by molar-refractivity contribution is 4.85. The lowest BCUT2D eigenvalue weighted by molar-refractivity contribution is 0.0337. The molecule has 0 aliphatic carbocycles. The molecule has 107 valence electrons. The van der Waals surface area contributed by atoms with Gasteiger partial charge in [0.25, 0.3) is 0 Å². The first kappa shape index (κ1) is 16.0. The van der Waals surface area contributed by atoms with Gasteiger partial charge in [-0.05, 0) is 6.42 Å². The number of hydrogen-bond donors (Lipinski definition) is 0. The van der Waals surface area contributed by atoms with Gasteiger partial charge >= 0.3 is 0 Å². The lowest BCUT2D eigenvalue weighted by atomic mass is 10.0. The Bertz CT molecular complexity index is 163. The van der Waals surface area contributed by atoms with E-state index in [1.54, 1.807) is 0 Å². The Morgan fingerprint density at radius 1 is 0.722 bits per heavy atom. The molecule has 0 N–H and O–H groups in total. The van der Waals surface area contributed by atoms with Crippen molar-refractivity contribution in [2.24, 2.45) is 0 Å². The summed E-state index contributed by atoms with van der Waals surface area (Å²) in [6, 6.07) is 0. The van der Waals surface area contributed by atoms with Gasteiger partial charge in [-0.25, -0.2) is 0 Å². The fourth-order valence-electron chi connectivity index (χ4n) is 2.61. The number of rotatable bonds is 13. The topological polar surface area (TPSA) is 9.23 Å². The maximum absolute atomic E-state index is 5.35. The number of unbranched alkanes of at least 4 members (excludes halogenated alkanes) is 11. The average Bonchev–Trinajstić information content (AvgIpc) is 2.33. The Labute approximate surface area is 115 Å². The van der Waals surface area contributed by atoms with Crippen LogP contribution in [-0.4, -0.2) is 6.61 Å². The third-order valence-electron chi connectivity index (χ3n) is 4.00. The second kappa shape index (κ2) is 12.0. The van der Waals surface area contributed by atoms with Crippen molar-refractivity contribution < 1.29 is 4.74 Å². The Balaban J connectivity index is 1.63. The largest absolute Gasteiger partial charge is 0.372 e. The molecule has 1 radical (unpaired) electrons. The van der Waals surface area contributed by atoms with E-state index in [4.69, 9.17) is 4.74 Å². The molecule has 1 heteroatoms. The summed E-state index contributed by atoms with van der Waals surface area (Å²) in [7, 11) is 0. The zero-order valence-corrected chi connectivity index (χ0v) is 12.5. The fraction of sp³-hybridized carbons (Fsp3) is 0.941. The summed E-state index contributed by atoms with van der Waals surface area (Å²) in [5.74, 6) is 0. The van der Waals surface area contributed by atoms with E-state index in [1.807, 2.05) is 0 Å². The molecule has 1 aliphatic rings.